The van der Waals surface area contributed by atoms with Gasteiger partial charge in [-0.2, -0.15) is 0 Å². The summed E-state index contributed by atoms with van der Waals surface area (Å²) < 4.78 is 34.8. The van der Waals surface area contributed by atoms with E-state index in [0.29, 0.717) is 0 Å². The van der Waals surface area contributed by atoms with E-state index in [1.165, 1.54) is 14.0 Å². The fraction of sp³-hybridized carbons (Fsp3) is 0.400. The molecule has 1 aromatic rings. The smallest absolute Gasteiger partial charge is 0.343 e. The molecule has 0 atom stereocenters. The number of methoxy groups -OCH3 is 2. The number of carbonyl (C=O) groups excluding carboxylic acids is 1. The van der Waals surface area contributed by atoms with Crippen LogP contribution in [0.4, 0.5) is 8.78 Å². The van der Waals surface area contributed by atoms with Gasteiger partial charge in [0.05, 0.1) is 19.8 Å². The van der Waals surface area contributed by atoms with Gasteiger partial charge in [0.25, 0.3) is 6.43 Å². The molecule has 0 amide bonds. The molecule has 0 aliphatic heterocycles. The number of hydrogen-bond acceptors (Lipinski definition) is 4. The van der Waals surface area contributed by atoms with Crippen LogP contribution in [0.2, 0.25) is 0 Å². The fourth-order valence-electron chi connectivity index (χ4n) is 1.33. The number of esters is 1. The highest BCUT2D eigenvalue weighted by Gasteiger charge is 2.24. The second-order valence-electron chi connectivity index (χ2n) is 3.00. The maximum atomic E-state index is 12.8. The van der Waals surface area contributed by atoms with Crippen LogP contribution in [0.5, 0.6) is 5.75 Å². The Bertz CT molecular complexity index is 407. The number of ether oxygens (including phenoxy) is 2. The van der Waals surface area contributed by atoms with Crippen molar-refractivity contribution in [3.8, 4) is 5.75 Å². The average Bonchev–Trinajstić information content (AvgIpc) is 2.26. The summed E-state index contributed by atoms with van der Waals surface area (Å²) >= 11 is 0. The average molecular weight is 231 g/mol. The molecule has 0 bridgehead atoms. The van der Waals surface area contributed by atoms with Gasteiger partial charge in [-0.1, -0.05) is 0 Å². The normalized spacial score (nSPS) is 10.4. The Morgan fingerprint density at radius 3 is 2.50 bits per heavy atom. The first kappa shape index (κ1) is 12.4. The molecule has 1 heterocycles. The summed E-state index contributed by atoms with van der Waals surface area (Å²) in [5.74, 6) is -0.944. The van der Waals surface area contributed by atoms with E-state index in [-0.39, 0.29) is 22.6 Å². The van der Waals surface area contributed by atoms with Crippen LogP contribution >= 0.6 is 0 Å². The van der Waals surface area contributed by atoms with Crippen molar-refractivity contribution in [2.24, 2.45) is 0 Å². The number of rotatable bonds is 3. The summed E-state index contributed by atoms with van der Waals surface area (Å²) in [5, 5.41) is 0. The minimum absolute atomic E-state index is 0.106. The number of hydrogen-bond donors (Lipinski definition) is 0. The van der Waals surface area contributed by atoms with Gasteiger partial charge in [0.15, 0.2) is 0 Å². The molecule has 0 radical (unpaired) electrons. The van der Waals surface area contributed by atoms with E-state index in [9.17, 15) is 13.6 Å². The van der Waals surface area contributed by atoms with Crippen LogP contribution in [-0.2, 0) is 4.74 Å². The number of alkyl halides is 2. The van der Waals surface area contributed by atoms with Crippen LogP contribution < -0.4 is 4.74 Å². The Morgan fingerprint density at radius 1 is 1.44 bits per heavy atom. The van der Waals surface area contributed by atoms with Crippen molar-refractivity contribution in [3.05, 3.63) is 23.0 Å². The Kier molecular flexibility index (Phi) is 3.76. The van der Waals surface area contributed by atoms with Gasteiger partial charge in [-0.15, -0.1) is 0 Å². The zero-order valence-corrected chi connectivity index (χ0v) is 9.08. The summed E-state index contributed by atoms with van der Waals surface area (Å²) in [5.41, 5.74) is -0.365. The Hall–Kier alpha value is -1.72. The summed E-state index contributed by atoms with van der Waals surface area (Å²) in [7, 11) is 2.37. The number of pyridine rings is 1. The fourth-order valence-corrected chi connectivity index (χ4v) is 1.33. The second kappa shape index (κ2) is 4.87. The summed E-state index contributed by atoms with van der Waals surface area (Å²) in [4.78, 5) is 15.0. The predicted octanol–water partition coefficient (Wildman–Crippen LogP) is 2.12. The lowest BCUT2D eigenvalue weighted by molar-refractivity contribution is 0.0595. The molecule has 0 aliphatic rings. The molecule has 6 heteroatoms. The van der Waals surface area contributed by atoms with E-state index in [2.05, 4.69) is 9.72 Å². The predicted molar refractivity (Wildman–Crippen MR) is 51.8 cm³/mol. The van der Waals surface area contributed by atoms with Crippen molar-refractivity contribution in [2.75, 3.05) is 14.2 Å². The van der Waals surface area contributed by atoms with Gasteiger partial charge in [-0.05, 0) is 6.92 Å². The maximum absolute atomic E-state index is 12.8. The molecular weight excluding hydrogens is 220 g/mol. The second-order valence-corrected chi connectivity index (χ2v) is 3.00. The third kappa shape index (κ3) is 2.10. The van der Waals surface area contributed by atoms with Crippen LogP contribution in [0.1, 0.15) is 28.0 Å². The third-order valence-electron chi connectivity index (χ3n) is 2.09. The lowest BCUT2D eigenvalue weighted by atomic mass is 10.1. The summed E-state index contributed by atoms with van der Waals surface area (Å²) in [6.45, 7) is 1.42. The standard InChI is InChI=1S/C10H11F2NO3/c1-5-7(9(11)12)8(15-2)6(4-13-5)10(14)16-3/h4,9H,1-3H3. The molecule has 1 aromatic heterocycles. The van der Waals surface area contributed by atoms with Crippen molar-refractivity contribution in [1.29, 1.82) is 0 Å². The van der Waals surface area contributed by atoms with Crippen LogP contribution in [0, 0.1) is 6.92 Å². The van der Waals surface area contributed by atoms with Gasteiger partial charge in [-0.3, -0.25) is 4.98 Å². The van der Waals surface area contributed by atoms with E-state index in [0.717, 1.165) is 13.3 Å². The van der Waals surface area contributed by atoms with Gasteiger partial charge in [-0.25, -0.2) is 13.6 Å². The molecule has 0 aliphatic carbocycles. The molecule has 0 unspecified atom stereocenters. The SMILES string of the molecule is COC(=O)c1cnc(C)c(C(F)F)c1OC. The highest BCUT2D eigenvalue weighted by atomic mass is 19.3. The Morgan fingerprint density at radius 2 is 2.06 bits per heavy atom. The quantitative estimate of drug-likeness (QED) is 0.747. The minimum Gasteiger partial charge on any atom is -0.495 e. The maximum Gasteiger partial charge on any atom is 0.343 e. The number of aryl methyl sites for hydroxylation is 1. The molecule has 16 heavy (non-hydrogen) atoms. The first-order chi connectivity index (χ1) is 7.52. The Balaban J connectivity index is 3.42. The lowest BCUT2D eigenvalue weighted by Crippen LogP contribution is -2.09. The number of aromatic nitrogens is 1. The van der Waals surface area contributed by atoms with E-state index in [1.807, 2.05) is 0 Å². The molecule has 0 N–H and O–H groups in total. The first-order valence-corrected chi connectivity index (χ1v) is 4.42. The monoisotopic (exact) mass is 231 g/mol. The topological polar surface area (TPSA) is 48.4 Å². The van der Waals surface area contributed by atoms with Crippen LogP contribution in [-0.4, -0.2) is 25.2 Å². The molecule has 4 nitrogen and oxygen atoms in total. The van der Waals surface area contributed by atoms with Crippen molar-refractivity contribution >= 4 is 5.97 Å². The number of nitrogens with zero attached hydrogens (tertiary/aromatic N) is 1. The van der Waals surface area contributed by atoms with Crippen LogP contribution in [0.3, 0.4) is 0 Å². The molecule has 0 saturated heterocycles. The van der Waals surface area contributed by atoms with Crippen molar-refractivity contribution in [2.45, 2.75) is 13.3 Å². The van der Waals surface area contributed by atoms with Crippen molar-refractivity contribution in [1.82, 2.24) is 4.98 Å². The van der Waals surface area contributed by atoms with E-state index in [1.54, 1.807) is 0 Å². The van der Waals surface area contributed by atoms with E-state index >= 15 is 0 Å². The van der Waals surface area contributed by atoms with Crippen LogP contribution in [0.25, 0.3) is 0 Å². The lowest BCUT2D eigenvalue weighted by Gasteiger charge is -2.13. The summed E-state index contributed by atoms with van der Waals surface area (Å²) in [6, 6.07) is 0. The molecule has 0 spiro atoms. The zero-order valence-electron chi connectivity index (χ0n) is 9.08. The highest BCUT2D eigenvalue weighted by Crippen LogP contribution is 2.33. The first-order valence-electron chi connectivity index (χ1n) is 4.42. The van der Waals surface area contributed by atoms with Gasteiger partial charge in [0.2, 0.25) is 0 Å². The molecular formula is C10H11F2NO3. The molecule has 1 rings (SSSR count). The van der Waals surface area contributed by atoms with Gasteiger partial charge in [0.1, 0.15) is 11.3 Å². The third-order valence-corrected chi connectivity index (χ3v) is 2.09. The molecule has 0 saturated carbocycles. The van der Waals surface area contributed by atoms with Gasteiger partial charge < -0.3 is 9.47 Å². The zero-order chi connectivity index (χ0) is 12.3. The van der Waals surface area contributed by atoms with Gasteiger partial charge >= 0.3 is 5.97 Å². The van der Waals surface area contributed by atoms with Crippen molar-refractivity contribution in [3.63, 3.8) is 0 Å². The highest BCUT2D eigenvalue weighted by molar-refractivity contribution is 5.92. The molecule has 0 fully saturated rings. The van der Waals surface area contributed by atoms with Crippen LogP contribution in [0.15, 0.2) is 6.20 Å². The Labute approximate surface area is 91.2 Å². The number of carbonyl (C=O) groups is 1. The van der Waals surface area contributed by atoms with E-state index in [4.69, 9.17) is 4.74 Å². The molecule has 0 aromatic carbocycles. The number of halogens is 2. The molecule has 88 valence electrons. The largest absolute Gasteiger partial charge is 0.495 e. The van der Waals surface area contributed by atoms with Crippen molar-refractivity contribution < 1.29 is 23.0 Å². The van der Waals surface area contributed by atoms with Gasteiger partial charge in [0, 0.05) is 11.9 Å². The summed E-state index contributed by atoms with van der Waals surface area (Å²) in [6.07, 6.45) is -1.60. The minimum atomic E-state index is -2.76. The van der Waals surface area contributed by atoms with E-state index < -0.39 is 12.4 Å².